The van der Waals surface area contributed by atoms with Crippen LogP contribution in [0, 0.1) is 32.4 Å². The van der Waals surface area contributed by atoms with Gasteiger partial charge in [-0.1, -0.05) is 34.1 Å². The van der Waals surface area contributed by atoms with E-state index in [1.807, 2.05) is 19.9 Å². The zero-order valence-corrected chi connectivity index (χ0v) is 12.7. The molecule has 0 radical (unpaired) electrons. The van der Waals surface area contributed by atoms with E-state index in [2.05, 4.69) is 15.9 Å². The zero-order valence-electron chi connectivity index (χ0n) is 11.1. The third kappa shape index (κ3) is 2.71. The number of hydrogen-bond acceptors (Lipinski definition) is 0. The van der Waals surface area contributed by atoms with E-state index < -0.39 is 0 Å². The van der Waals surface area contributed by atoms with E-state index in [-0.39, 0.29) is 16.5 Å². The molecule has 0 N–H and O–H groups in total. The van der Waals surface area contributed by atoms with Crippen LogP contribution >= 0.6 is 15.9 Å². The second-order valence-corrected chi connectivity index (χ2v) is 5.71. The molecular formula is C16H15BrF2. The first-order valence-corrected chi connectivity index (χ1v) is 6.99. The minimum atomic E-state index is -0.270. The maximum Gasteiger partial charge on any atom is 0.130 e. The molecule has 2 aromatic carbocycles. The molecule has 0 aliphatic heterocycles. The second-order valence-electron chi connectivity index (χ2n) is 4.79. The monoisotopic (exact) mass is 324 g/mol. The SMILES string of the molecule is Cc1cccc(C(Br)c2c(C)cc(F)cc2C)c1F. The van der Waals surface area contributed by atoms with Gasteiger partial charge in [0.15, 0.2) is 0 Å². The Morgan fingerprint density at radius 1 is 0.947 bits per heavy atom. The topological polar surface area (TPSA) is 0 Å². The van der Waals surface area contributed by atoms with Crippen molar-refractivity contribution in [3.63, 3.8) is 0 Å². The van der Waals surface area contributed by atoms with Crippen molar-refractivity contribution in [2.24, 2.45) is 0 Å². The fraction of sp³-hybridized carbons (Fsp3) is 0.250. The molecule has 0 spiro atoms. The third-order valence-electron chi connectivity index (χ3n) is 3.31. The fourth-order valence-electron chi connectivity index (χ4n) is 2.34. The molecule has 1 atom stereocenters. The quantitative estimate of drug-likeness (QED) is 0.651. The lowest BCUT2D eigenvalue weighted by Crippen LogP contribution is -2.03. The van der Waals surface area contributed by atoms with E-state index in [0.717, 1.165) is 16.7 Å². The fourth-order valence-corrected chi connectivity index (χ4v) is 3.42. The molecule has 2 rings (SSSR count). The Hall–Kier alpha value is -1.22. The molecule has 0 bridgehead atoms. The molecule has 1 unspecified atom stereocenters. The van der Waals surface area contributed by atoms with Gasteiger partial charge in [-0.25, -0.2) is 8.78 Å². The van der Waals surface area contributed by atoms with E-state index in [1.54, 1.807) is 19.1 Å². The largest absolute Gasteiger partial charge is 0.207 e. The number of alkyl halides is 1. The summed E-state index contributed by atoms with van der Waals surface area (Å²) in [7, 11) is 0. The molecule has 3 heteroatoms. The van der Waals surface area contributed by atoms with Gasteiger partial charge in [0.05, 0.1) is 4.83 Å². The Morgan fingerprint density at radius 2 is 1.53 bits per heavy atom. The Bertz CT molecular complexity index is 597. The van der Waals surface area contributed by atoms with Crippen molar-refractivity contribution >= 4 is 15.9 Å². The molecule has 0 aromatic heterocycles. The van der Waals surface area contributed by atoms with Crippen LogP contribution in [0.25, 0.3) is 0 Å². The molecule has 0 aliphatic rings. The minimum absolute atomic E-state index is 0.215. The lowest BCUT2D eigenvalue weighted by atomic mass is 9.95. The highest BCUT2D eigenvalue weighted by molar-refractivity contribution is 9.09. The van der Waals surface area contributed by atoms with Gasteiger partial charge in [-0.05, 0) is 55.2 Å². The van der Waals surface area contributed by atoms with E-state index in [4.69, 9.17) is 0 Å². The van der Waals surface area contributed by atoms with Gasteiger partial charge >= 0.3 is 0 Å². The molecule has 0 amide bonds. The van der Waals surface area contributed by atoms with Gasteiger partial charge in [-0.15, -0.1) is 0 Å². The lowest BCUT2D eigenvalue weighted by Gasteiger charge is -2.18. The van der Waals surface area contributed by atoms with Crippen LogP contribution in [-0.4, -0.2) is 0 Å². The van der Waals surface area contributed by atoms with Gasteiger partial charge in [0.2, 0.25) is 0 Å². The summed E-state index contributed by atoms with van der Waals surface area (Å²) in [5.41, 5.74) is 3.75. The van der Waals surface area contributed by atoms with Crippen molar-refractivity contribution in [2.75, 3.05) is 0 Å². The smallest absolute Gasteiger partial charge is 0.130 e. The van der Waals surface area contributed by atoms with Crippen LogP contribution in [0.5, 0.6) is 0 Å². The van der Waals surface area contributed by atoms with Crippen molar-refractivity contribution in [2.45, 2.75) is 25.6 Å². The summed E-state index contributed by atoms with van der Waals surface area (Å²) in [6, 6.07) is 8.28. The lowest BCUT2D eigenvalue weighted by molar-refractivity contribution is 0.603. The normalized spacial score (nSPS) is 12.5. The van der Waals surface area contributed by atoms with Crippen LogP contribution in [0.1, 0.15) is 32.6 Å². The number of rotatable bonds is 2. The van der Waals surface area contributed by atoms with Crippen LogP contribution in [0.3, 0.4) is 0 Å². The van der Waals surface area contributed by atoms with E-state index in [1.165, 1.54) is 12.1 Å². The van der Waals surface area contributed by atoms with E-state index in [0.29, 0.717) is 11.1 Å². The summed E-state index contributed by atoms with van der Waals surface area (Å²) < 4.78 is 27.5. The molecule has 0 fully saturated rings. The van der Waals surface area contributed by atoms with Gasteiger partial charge in [0.1, 0.15) is 11.6 Å². The molecule has 0 aliphatic carbocycles. The minimum Gasteiger partial charge on any atom is -0.207 e. The van der Waals surface area contributed by atoms with Crippen molar-refractivity contribution in [3.8, 4) is 0 Å². The van der Waals surface area contributed by atoms with Crippen molar-refractivity contribution in [3.05, 3.63) is 69.8 Å². The van der Waals surface area contributed by atoms with E-state index >= 15 is 0 Å². The Morgan fingerprint density at radius 3 is 2.11 bits per heavy atom. The molecule has 0 saturated heterocycles. The average Bonchev–Trinajstić information content (AvgIpc) is 2.31. The van der Waals surface area contributed by atoms with Gasteiger partial charge in [0.25, 0.3) is 0 Å². The van der Waals surface area contributed by atoms with Crippen LogP contribution in [0.2, 0.25) is 0 Å². The first-order valence-electron chi connectivity index (χ1n) is 6.07. The Labute approximate surface area is 120 Å². The molecule has 0 saturated carbocycles. The highest BCUT2D eigenvalue weighted by Gasteiger charge is 2.20. The zero-order chi connectivity index (χ0) is 14.2. The highest BCUT2D eigenvalue weighted by atomic mass is 79.9. The number of aryl methyl sites for hydroxylation is 3. The highest BCUT2D eigenvalue weighted by Crippen LogP contribution is 2.37. The molecular weight excluding hydrogens is 310 g/mol. The molecule has 2 aromatic rings. The summed E-state index contributed by atoms with van der Waals surface area (Å²) in [4.78, 5) is -0.270. The maximum absolute atomic E-state index is 14.2. The average molecular weight is 325 g/mol. The number of hydrogen-bond donors (Lipinski definition) is 0. The first-order chi connectivity index (χ1) is 8.91. The summed E-state index contributed by atoms with van der Waals surface area (Å²) in [5, 5.41) is 0. The predicted molar refractivity (Wildman–Crippen MR) is 77.8 cm³/mol. The van der Waals surface area contributed by atoms with Gasteiger partial charge in [-0.2, -0.15) is 0 Å². The summed E-state index contributed by atoms with van der Waals surface area (Å²) >= 11 is 3.54. The summed E-state index contributed by atoms with van der Waals surface area (Å²) in [6.07, 6.45) is 0. The van der Waals surface area contributed by atoms with Crippen molar-refractivity contribution < 1.29 is 8.78 Å². The summed E-state index contributed by atoms with van der Waals surface area (Å²) in [5.74, 6) is -0.476. The number of halogens is 3. The van der Waals surface area contributed by atoms with Crippen LogP contribution < -0.4 is 0 Å². The standard InChI is InChI=1S/C16H15BrF2/c1-9-5-4-6-13(16(9)19)15(17)14-10(2)7-12(18)8-11(14)3/h4-8,15H,1-3H3. The maximum atomic E-state index is 14.2. The Kier molecular flexibility index (Phi) is 4.04. The second kappa shape index (κ2) is 5.41. The van der Waals surface area contributed by atoms with Crippen LogP contribution in [0.15, 0.2) is 30.3 Å². The van der Waals surface area contributed by atoms with Crippen molar-refractivity contribution in [1.82, 2.24) is 0 Å². The van der Waals surface area contributed by atoms with Gasteiger partial charge in [-0.3, -0.25) is 0 Å². The van der Waals surface area contributed by atoms with Crippen LogP contribution in [0.4, 0.5) is 8.78 Å². The third-order valence-corrected chi connectivity index (χ3v) is 4.26. The molecule has 100 valence electrons. The predicted octanol–water partition coefficient (Wildman–Crippen LogP) is 5.37. The van der Waals surface area contributed by atoms with E-state index in [9.17, 15) is 8.78 Å². The molecule has 0 nitrogen and oxygen atoms in total. The van der Waals surface area contributed by atoms with Gasteiger partial charge < -0.3 is 0 Å². The summed E-state index contributed by atoms with van der Waals surface area (Å²) in [6.45, 7) is 5.42. The number of benzene rings is 2. The van der Waals surface area contributed by atoms with Gasteiger partial charge in [0, 0.05) is 5.56 Å². The molecule has 0 heterocycles. The Balaban J connectivity index is 2.56. The molecule has 19 heavy (non-hydrogen) atoms. The first kappa shape index (κ1) is 14.2. The van der Waals surface area contributed by atoms with Crippen molar-refractivity contribution in [1.29, 1.82) is 0 Å². The van der Waals surface area contributed by atoms with Crippen LogP contribution in [-0.2, 0) is 0 Å².